The molecule has 30 heavy (non-hydrogen) atoms. The van der Waals surface area contributed by atoms with E-state index in [1.807, 2.05) is 30.3 Å². The van der Waals surface area contributed by atoms with E-state index < -0.39 is 11.9 Å². The predicted octanol–water partition coefficient (Wildman–Crippen LogP) is 5.87. The summed E-state index contributed by atoms with van der Waals surface area (Å²) in [6, 6.07) is 24.0. The smallest absolute Gasteiger partial charge is 0.339 e. The van der Waals surface area contributed by atoms with Gasteiger partial charge in [-0.3, -0.25) is 0 Å². The molecule has 0 radical (unpaired) electrons. The van der Waals surface area contributed by atoms with E-state index in [2.05, 4.69) is 36.4 Å². The molecule has 0 saturated heterocycles. The van der Waals surface area contributed by atoms with Gasteiger partial charge in [-0.1, -0.05) is 66.7 Å². The van der Waals surface area contributed by atoms with E-state index in [-0.39, 0.29) is 11.1 Å². The van der Waals surface area contributed by atoms with Crippen molar-refractivity contribution in [3.05, 3.63) is 83.9 Å². The van der Waals surface area contributed by atoms with Gasteiger partial charge in [-0.05, 0) is 49.2 Å². The Hall–Kier alpha value is -3.92. The molecule has 0 aliphatic carbocycles. The van der Waals surface area contributed by atoms with Crippen molar-refractivity contribution in [1.82, 2.24) is 0 Å². The number of rotatable bonds is 2. The van der Waals surface area contributed by atoms with Crippen LogP contribution in [0.1, 0.15) is 20.7 Å². The van der Waals surface area contributed by atoms with Gasteiger partial charge >= 0.3 is 11.9 Å². The van der Waals surface area contributed by atoms with Crippen molar-refractivity contribution in [2.45, 2.75) is 0 Å². The molecule has 0 amide bonds. The summed E-state index contributed by atoms with van der Waals surface area (Å²) in [6.07, 6.45) is 0. The van der Waals surface area contributed by atoms with Crippen LogP contribution in [0.3, 0.4) is 0 Å². The first-order valence-corrected chi connectivity index (χ1v) is 9.60. The van der Waals surface area contributed by atoms with Gasteiger partial charge in [-0.15, -0.1) is 0 Å². The lowest BCUT2D eigenvalue weighted by molar-refractivity contribution is 0.0557. The Balaban J connectivity index is 2.03. The summed E-state index contributed by atoms with van der Waals surface area (Å²) < 4.78 is 9.89. The van der Waals surface area contributed by atoms with Crippen LogP contribution >= 0.6 is 0 Å². The standard InChI is InChI=1S/C26H18O4/c1-29-25(27)21-14-13-19-20(24(21)26(28)30-2)12-11-17-10-9-16-8-7-15-5-3-4-6-18(15)22(16)23(17)19/h3-14H,1-2H3. The van der Waals surface area contributed by atoms with Crippen molar-refractivity contribution in [1.29, 1.82) is 0 Å². The maximum Gasteiger partial charge on any atom is 0.339 e. The van der Waals surface area contributed by atoms with E-state index in [4.69, 9.17) is 9.47 Å². The number of ether oxygens (including phenoxy) is 2. The maximum atomic E-state index is 12.7. The number of carbonyl (C=O) groups excluding carboxylic acids is 2. The lowest BCUT2D eigenvalue weighted by Crippen LogP contribution is -2.12. The second-order valence-corrected chi connectivity index (χ2v) is 7.18. The van der Waals surface area contributed by atoms with Crippen LogP contribution in [0.5, 0.6) is 0 Å². The average Bonchev–Trinajstić information content (AvgIpc) is 2.81. The van der Waals surface area contributed by atoms with Crippen molar-refractivity contribution in [2.75, 3.05) is 14.2 Å². The zero-order valence-electron chi connectivity index (χ0n) is 16.6. The van der Waals surface area contributed by atoms with Gasteiger partial charge in [0.05, 0.1) is 25.3 Å². The van der Waals surface area contributed by atoms with E-state index in [1.165, 1.54) is 14.2 Å². The largest absolute Gasteiger partial charge is 0.465 e. The van der Waals surface area contributed by atoms with E-state index in [0.29, 0.717) is 5.39 Å². The van der Waals surface area contributed by atoms with E-state index in [9.17, 15) is 9.59 Å². The van der Waals surface area contributed by atoms with E-state index in [0.717, 1.165) is 37.7 Å². The number of fused-ring (bicyclic) bond motifs is 7. The molecule has 0 N–H and O–H groups in total. The van der Waals surface area contributed by atoms with Crippen molar-refractivity contribution < 1.29 is 19.1 Å². The Bertz CT molecular complexity index is 1490. The number of benzene rings is 5. The average molecular weight is 394 g/mol. The molecule has 5 aromatic carbocycles. The summed E-state index contributed by atoms with van der Waals surface area (Å²) in [7, 11) is 2.61. The summed E-state index contributed by atoms with van der Waals surface area (Å²) in [5, 5.41) is 8.19. The van der Waals surface area contributed by atoms with Gasteiger partial charge in [0, 0.05) is 0 Å². The first-order chi connectivity index (χ1) is 14.6. The zero-order valence-corrected chi connectivity index (χ0v) is 16.6. The molecule has 0 aromatic heterocycles. The minimum absolute atomic E-state index is 0.196. The Morgan fingerprint density at radius 3 is 1.83 bits per heavy atom. The molecule has 0 aliphatic rings. The third-order valence-electron chi connectivity index (χ3n) is 5.68. The third-order valence-corrected chi connectivity index (χ3v) is 5.68. The molecule has 0 atom stereocenters. The fourth-order valence-electron chi connectivity index (χ4n) is 4.33. The maximum absolute atomic E-state index is 12.7. The summed E-state index contributed by atoms with van der Waals surface area (Å²) in [5.74, 6) is -1.13. The number of methoxy groups -OCH3 is 2. The number of carbonyl (C=O) groups is 2. The van der Waals surface area contributed by atoms with Gasteiger partial charge < -0.3 is 9.47 Å². The topological polar surface area (TPSA) is 52.6 Å². The highest BCUT2D eigenvalue weighted by Crippen LogP contribution is 2.38. The van der Waals surface area contributed by atoms with Crippen LogP contribution < -0.4 is 0 Å². The minimum Gasteiger partial charge on any atom is -0.465 e. The van der Waals surface area contributed by atoms with Crippen LogP contribution in [-0.2, 0) is 9.47 Å². The fourth-order valence-corrected chi connectivity index (χ4v) is 4.33. The number of esters is 2. The quantitative estimate of drug-likeness (QED) is 0.277. The van der Waals surface area contributed by atoms with Gasteiger partial charge in [0.15, 0.2) is 0 Å². The number of hydrogen-bond donors (Lipinski definition) is 0. The Kier molecular flexibility index (Phi) is 4.14. The van der Waals surface area contributed by atoms with Crippen molar-refractivity contribution in [3.63, 3.8) is 0 Å². The highest BCUT2D eigenvalue weighted by Gasteiger charge is 2.22. The predicted molar refractivity (Wildman–Crippen MR) is 119 cm³/mol. The molecule has 0 bridgehead atoms. The van der Waals surface area contributed by atoms with Crippen molar-refractivity contribution >= 4 is 55.0 Å². The highest BCUT2D eigenvalue weighted by atomic mass is 16.5. The second-order valence-electron chi connectivity index (χ2n) is 7.18. The monoisotopic (exact) mass is 394 g/mol. The van der Waals surface area contributed by atoms with Gasteiger partial charge in [0.25, 0.3) is 0 Å². The molecule has 0 unspecified atom stereocenters. The Labute approximate surface area is 172 Å². The molecular weight excluding hydrogens is 376 g/mol. The van der Waals surface area contributed by atoms with E-state index in [1.54, 1.807) is 6.07 Å². The zero-order chi connectivity index (χ0) is 20.8. The Morgan fingerprint density at radius 2 is 1.13 bits per heavy atom. The van der Waals surface area contributed by atoms with Gasteiger partial charge in [0.1, 0.15) is 0 Å². The van der Waals surface area contributed by atoms with Crippen LogP contribution in [0, 0.1) is 0 Å². The summed E-state index contributed by atoms with van der Waals surface area (Å²) >= 11 is 0. The number of hydrogen-bond acceptors (Lipinski definition) is 4. The summed E-state index contributed by atoms with van der Waals surface area (Å²) in [6.45, 7) is 0. The first-order valence-electron chi connectivity index (χ1n) is 9.60. The van der Waals surface area contributed by atoms with E-state index >= 15 is 0 Å². The molecule has 0 saturated carbocycles. The molecule has 4 nitrogen and oxygen atoms in total. The molecule has 5 rings (SSSR count). The minimum atomic E-state index is -0.569. The molecule has 0 heterocycles. The van der Waals surface area contributed by atoms with Crippen LogP contribution in [0.15, 0.2) is 72.8 Å². The van der Waals surface area contributed by atoms with Crippen LogP contribution in [-0.4, -0.2) is 26.2 Å². The summed E-state index contributed by atoms with van der Waals surface area (Å²) in [5.41, 5.74) is 0.419. The van der Waals surface area contributed by atoms with Crippen LogP contribution in [0.2, 0.25) is 0 Å². The fraction of sp³-hybridized carbons (Fsp3) is 0.0769. The lowest BCUT2D eigenvalue weighted by atomic mass is 9.90. The highest BCUT2D eigenvalue weighted by molar-refractivity contribution is 6.29. The molecule has 5 aromatic rings. The molecule has 146 valence electrons. The molecule has 0 fully saturated rings. The first kappa shape index (κ1) is 18.1. The molecular formula is C26H18O4. The Morgan fingerprint density at radius 1 is 0.567 bits per heavy atom. The molecule has 0 aliphatic heterocycles. The molecule has 4 heteroatoms. The van der Waals surface area contributed by atoms with Crippen molar-refractivity contribution in [3.8, 4) is 0 Å². The van der Waals surface area contributed by atoms with Crippen molar-refractivity contribution in [2.24, 2.45) is 0 Å². The van der Waals surface area contributed by atoms with Crippen LogP contribution in [0.25, 0.3) is 43.1 Å². The normalized spacial score (nSPS) is 11.3. The lowest BCUT2D eigenvalue weighted by Gasteiger charge is -2.14. The second kappa shape index (κ2) is 6.85. The van der Waals surface area contributed by atoms with Gasteiger partial charge in [-0.25, -0.2) is 9.59 Å². The van der Waals surface area contributed by atoms with Gasteiger partial charge in [0.2, 0.25) is 0 Å². The molecule has 0 spiro atoms. The SMILES string of the molecule is COC(=O)c1ccc2c(ccc3ccc4ccc5ccccc5c4c32)c1C(=O)OC. The van der Waals surface area contributed by atoms with Crippen LogP contribution in [0.4, 0.5) is 0 Å². The summed E-state index contributed by atoms with van der Waals surface area (Å²) in [4.78, 5) is 25.0. The third kappa shape index (κ3) is 2.54. The van der Waals surface area contributed by atoms with Gasteiger partial charge in [-0.2, -0.15) is 0 Å².